The zero-order valence-corrected chi connectivity index (χ0v) is 8.16. The number of carbonyl (C=O) groups excluding carboxylic acids is 1. The molecule has 5 heteroatoms. The molecular formula is C7H13O4P. The summed E-state index contributed by atoms with van der Waals surface area (Å²) in [6.07, 6.45) is -0.519. The summed E-state index contributed by atoms with van der Waals surface area (Å²) < 4.78 is 15.1. The number of ether oxygens (including phenoxy) is 1. The molecule has 0 saturated carbocycles. The van der Waals surface area contributed by atoms with Crippen molar-refractivity contribution in [3.8, 4) is 0 Å². The van der Waals surface area contributed by atoms with Crippen molar-refractivity contribution in [3.05, 3.63) is 12.2 Å². The maximum absolute atomic E-state index is 10.8. The molecule has 0 spiro atoms. The summed E-state index contributed by atoms with van der Waals surface area (Å²) in [5, 5.41) is 0. The summed E-state index contributed by atoms with van der Waals surface area (Å²) in [7, 11) is -2.56. The van der Waals surface area contributed by atoms with Gasteiger partial charge in [-0.05, 0) is 13.8 Å². The van der Waals surface area contributed by atoms with E-state index in [1.165, 1.54) is 6.92 Å². The maximum Gasteiger partial charge on any atom is 0.333 e. The summed E-state index contributed by atoms with van der Waals surface area (Å²) in [6, 6.07) is 0. The molecule has 0 bridgehead atoms. The third kappa shape index (κ3) is 5.10. The quantitative estimate of drug-likeness (QED) is 0.409. The van der Waals surface area contributed by atoms with Gasteiger partial charge in [0, 0.05) is 5.57 Å². The van der Waals surface area contributed by atoms with Crippen LogP contribution in [0.15, 0.2) is 12.2 Å². The van der Waals surface area contributed by atoms with Gasteiger partial charge in [0.25, 0.3) is 0 Å². The molecule has 0 rings (SSSR count). The van der Waals surface area contributed by atoms with Crippen LogP contribution in [0.2, 0.25) is 0 Å². The highest BCUT2D eigenvalue weighted by Gasteiger charge is 2.11. The predicted octanol–water partition coefficient (Wildman–Crippen LogP) is 0.961. The molecule has 2 atom stereocenters. The molecule has 0 aliphatic heterocycles. The third-order valence-corrected chi connectivity index (χ3v) is 2.04. The van der Waals surface area contributed by atoms with Crippen LogP contribution in [0.4, 0.5) is 0 Å². The van der Waals surface area contributed by atoms with Gasteiger partial charge in [-0.15, -0.1) is 0 Å². The molecule has 0 aliphatic carbocycles. The highest BCUT2D eigenvalue weighted by Crippen LogP contribution is 2.16. The van der Waals surface area contributed by atoms with E-state index in [4.69, 9.17) is 9.63 Å². The number of hydrogen-bond acceptors (Lipinski definition) is 3. The first-order chi connectivity index (χ1) is 5.43. The van der Waals surface area contributed by atoms with Gasteiger partial charge in [0.2, 0.25) is 0 Å². The Balaban J connectivity index is 3.84. The molecule has 4 nitrogen and oxygen atoms in total. The zero-order valence-electron chi connectivity index (χ0n) is 7.16. The summed E-state index contributed by atoms with van der Waals surface area (Å²) in [4.78, 5) is 19.3. The van der Waals surface area contributed by atoms with Crippen LogP contribution in [-0.2, 0) is 14.1 Å². The van der Waals surface area contributed by atoms with Crippen LogP contribution in [0, 0.1) is 0 Å². The van der Waals surface area contributed by atoms with Gasteiger partial charge >= 0.3 is 5.97 Å². The van der Waals surface area contributed by atoms with E-state index in [1.54, 1.807) is 6.92 Å². The largest absolute Gasteiger partial charge is 0.459 e. The highest BCUT2D eigenvalue weighted by atomic mass is 31.1. The summed E-state index contributed by atoms with van der Waals surface area (Å²) in [5.41, 5.74) is 0.291. The van der Waals surface area contributed by atoms with Gasteiger partial charge in [-0.1, -0.05) is 6.58 Å². The number of hydrogen-bond donors (Lipinski definition) is 1. The minimum Gasteiger partial charge on any atom is -0.459 e. The minimum atomic E-state index is -2.56. The second-order valence-electron chi connectivity index (χ2n) is 2.59. The van der Waals surface area contributed by atoms with Gasteiger partial charge in [-0.2, -0.15) is 0 Å². The van der Waals surface area contributed by atoms with Crippen LogP contribution in [-0.4, -0.2) is 23.1 Å². The van der Waals surface area contributed by atoms with Crippen molar-refractivity contribution in [2.24, 2.45) is 0 Å². The van der Waals surface area contributed by atoms with Gasteiger partial charge in [0.1, 0.15) is 6.10 Å². The minimum absolute atomic E-state index is 0.00366. The SMILES string of the molecule is C=C(C)C(=O)OC(C)C[PH](=O)O. The molecule has 70 valence electrons. The van der Waals surface area contributed by atoms with Crippen LogP contribution in [0.5, 0.6) is 0 Å². The second kappa shape index (κ2) is 5.12. The Hall–Kier alpha value is -0.600. The Bertz CT molecular complexity index is 211. The van der Waals surface area contributed by atoms with Gasteiger partial charge in [-0.3, -0.25) is 4.57 Å². The van der Waals surface area contributed by atoms with Crippen molar-refractivity contribution in [2.45, 2.75) is 20.0 Å². The van der Waals surface area contributed by atoms with E-state index in [0.717, 1.165) is 0 Å². The van der Waals surface area contributed by atoms with Crippen molar-refractivity contribution < 1.29 is 19.0 Å². The lowest BCUT2D eigenvalue weighted by Gasteiger charge is -2.10. The molecule has 0 radical (unpaired) electrons. The van der Waals surface area contributed by atoms with Gasteiger partial charge in [0.05, 0.1) is 6.16 Å². The van der Waals surface area contributed by atoms with Crippen molar-refractivity contribution in [1.29, 1.82) is 0 Å². The van der Waals surface area contributed by atoms with E-state index in [2.05, 4.69) is 6.58 Å². The van der Waals surface area contributed by atoms with Crippen molar-refractivity contribution >= 4 is 14.0 Å². The van der Waals surface area contributed by atoms with Gasteiger partial charge in [0.15, 0.2) is 8.03 Å². The maximum atomic E-state index is 10.8. The molecule has 0 aliphatic rings. The number of esters is 1. The highest BCUT2D eigenvalue weighted by molar-refractivity contribution is 7.38. The summed E-state index contributed by atoms with van der Waals surface area (Å²) >= 11 is 0. The molecule has 1 N–H and O–H groups in total. The molecule has 0 saturated heterocycles. The summed E-state index contributed by atoms with van der Waals surface area (Å²) in [5.74, 6) is -0.522. The number of rotatable bonds is 4. The lowest BCUT2D eigenvalue weighted by atomic mass is 10.3. The fraction of sp³-hybridized carbons (Fsp3) is 0.571. The van der Waals surface area contributed by atoms with Crippen molar-refractivity contribution in [1.82, 2.24) is 0 Å². The first-order valence-electron chi connectivity index (χ1n) is 3.51. The van der Waals surface area contributed by atoms with Crippen LogP contribution in [0.3, 0.4) is 0 Å². The fourth-order valence-corrected chi connectivity index (χ4v) is 1.15. The van der Waals surface area contributed by atoms with Crippen molar-refractivity contribution in [2.75, 3.05) is 6.16 Å². The predicted molar refractivity (Wildman–Crippen MR) is 46.5 cm³/mol. The van der Waals surface area contributed by atoms with Crippen LogP contribution >= 0.6 is 8.03 Å². The van der Waals surface area contributed by atoms with Crippen LogP contribution in [0.1, 0.15) is 13.8 Å². The first-order valence-corrected chi connectivity index (χ1v) is 5.08. The van der Waals surface area contributed by atoms with Crippen LogP contribution in [0.25, 0.3) is 0 Å². The lowest BCUT2D eigenvalue weighted by molar-refractivity contribution is -0.142. The molecule has 0 aromatic carbocycles. The van der Waals surface area contributed by atoms with Crippen molar-refractivity contribution in [3.63, 3.8) is 0 Å². The molecule has 0 amide bonds. The standard InChI is InChI=1S/C7H13O4P/c1-5(2)7(8)11-6(3)4-12(9)10/h6,12H,1,4H2,2-3H3,(H,9,10). The molecule has 0 aromatic heterocycles. The van der Waals surface area contributed by atoms with Gasteiger partial charge < -0.3 is 9.63 Å². The Morgan fingerprint density at radius 2 is 2.25 bits per heavy atom. The Kier molecular flexibility index (Phi) is 4.86. The Labute approximate surface area is 72.1 Å². The Morgan fingerprint density at radius 3 is 2.58 bits per heavy atom. The van der Waals surface area contributed by atoms with Gasteiger partial charge in [-0.25, -0.2) is 4.79 Å². The molecule has 0 fully saturated rings. The van der Waals surface area contributed by atoms with Crippen LogP contribution < -0.4 is 0 Å². The molecule has 12 heavy (non-hydrogen) atoms. The molecule has 2 unspecified atom stereocenters. The normalized spacial score (nSPS) is 14.9. The fourth-order valence-electron chi connectivity index (χ4n) is 0.571. The molecule has 0 aromatic rings. The lowest BCUT2D eigenvalue weighted by Crippen LogP contribution is -2.17. The van der Waals surface area contributed by atoms with E-state index in [-0.39, 0.29) is 6.16 Å². The first kappa shape index (κ1) is 11.4. The van der Waals surface area contributed by atoms with E-state index < -0.39 is 20.1 Å². The average Bonchev–Trinajstić information content (AvgIpc) is 1.84. The number of carbonyl (C=O) groups is 1. The third-order valence-electron chi connectivity index (χ3n) is 1.12. The average molecular weight is 192 g/mol. The summed E-state index contributed by atoms with van der Waals surface area (Å²) in [6.45, 7) is 6.47. The zero-order chi connectivity index (χ0) is 9.72. The molecular weight excluding hydrogens is 179 g/mol. The van der Waals surface area contributed by atoms with E-state index in [9.17, 15) is 9.36 Å². The topological polar surface area (TPSA) is 63.6 Å². The van der Waals surface area contributed by atoms with E-state index in [1.807, 2.05) is 0 Å². The Morgan fingerprint density at radius 1 is 1.75 bits per heavy atom. The smallest absolute Gasteiger partial charge is 0.333 e. The van der Waals surface area contributed by atoms with E-state index in [0.29, 0.717) is 5.57 Å². The van der Waals surface area contributed by atoms with E-state index >= 15 is 0 Å². The second-order valence-corrected chi connectivity index (χ2v) is 3.79. The monoisotopic (exact) mass is 192 g/mol. The molecule has 0 heterocycles.